The quantitative estimate of drug-likeness (QED) is 0.0932. The zero-order valence-electron chi connectivity index (χ0n) is 25.2. The monoisotopic (exact) mass is 726 g/mol. The lowest BCUT2D eigenvalue weighted by Gasteiger charge is -2.29. The molecule has 0 bridgehead atoms. The number of hydrogen-bond donors (Lipinski definition) is 7. The van der Waals surface area contributed by atoms with Crippen molar-refractivity contribution in [2.75, 3.05) is 18.9 Å². The molecule has 3 aliphatic rings. The smallest absolute Gasteiger partial charge is 0.387 e. The van der Waals surface area contributed by atoms with Crippen LogP contribution in [0.1, 0.15) is 23.0 Å². The summed E-state index contributed by atoms with van der Waals surface area (Å²) in [5.41, 5.74) is 6.96. The number of ketones is 1. The van der Waals surface area contributed by atoms with Gasteiger partial charge in [-0.1, -0.05) is 36.4 Å². The summed E-state index contributed by atoms with van der Waals surface area (Å²) in [7, 11) is -10.8. The number of carbonyl (C=O) groups is 1. The van der Waals surface area contributed by atoms with Crippen molar-refractivity contribution >= 4 is 38.4 Å². The molecule has 2 unspecified atom stereocenters. The van der Waals surface area contributed by atoms with Gasteiger partial charge in [0, 0.05) is 23.5 Å². The predicted molar refractivity (Wildman–Crippen MR) is 163 cm³/mol. The number of aliphatic hydroxyl groups is 4. The average molecular weight is 727 g/mol. The Morgan fingerprint density at radius 1 is 0.898 bits per heavy atom. The molecule has 2 saturated heterocycles. The Hall–Kier alpha value is -3.46. The second-order valence-electron chi connectivity index (χ2n) is 11.2. The van der Waals surface area contributed by atoms with E-state index in [9.17, 15) is 44.1 Å². The van der Waals surface area contributed by atoms with E-state index >= 15 is 0 Å². The third kappa shape index (κ3) is 7.52. The van der Waals surface area contributed by atoms with Crippen molar-refractivity contribution in [1.82, 2.24) is 24.4 Å². The van der Waals surface area contributed by atoms with Gasteiger partial charge in [-0.25, -0.2) is 24.1 Å². The van der Waals surface area contributed by atoms with Crippen LogP contribution in [0.4, 0.5) is 5.82 Å². The van der Waals surface area contributed by atoms with Crippen molar-refractivity contribution in [2.45, 2.75) is 55.5 Å². The maximum Gasteiger partial charge on any atom is 0.481 e. The highest BCUT2D eigenvalue weighted by Crippen LogP contribution is 2.60. The lowest BCUT2D eigenvalue weighted by atomic mass is 10.00. The van der Waals surface area contributed by atoms with Gasteiger partial charge in [0.25, 0.3) is 0 Å². The molecule has 6 rings (SSSR count). The van der Waals surface area contributed by atoms with Gasteiger partial charge in [-0.05, 0) is 6.42 Å². The van der Waals surface area contributed by atoms with Gasteiger partial charge >= 0.3 is 15.6 Å². The van der Waals surface area contributed by atoms with Crippen molar-refractivity contribution in [3.63, 3.8) is 0 Å². The Kier molecular flexibility index (Phi) is 10.1. The standard InChI is InChI=1S/C27H32N6O14P2/c28-24-18-25(30-12-29-24)33(13-31-18)27-23(38)21(36)17(46-27)11-44-49(41,42)47-48(39,40)43-10-16-20(35)22(37)26(45-16)32-8-4-7-15(9-32)19(34)14-5-2-1-3-6-14/h1-6,8-9,12-13,16-17,20-23,26-27,35-38H,7,10-11H2,(H,39,40)(H,41,42)(H2,28,29,30)/t16-,17-,20-,21-,22-,23-,26-,27-/m1/s1. The number of anilines is 1. The van der Waals surface area contributed by atoms with Crippen LogP contribution in [0, 0.1) is 0 Å². The molecule has 264 valence electrons. The van der Waals surface area contributed by atoms with Crippen LogP contribution in [0.3, 0.4) is 0 Å². The van der Waals surface area contributed by atoms with Crippen molar-refractivity contribution < 1.29 is 67.0 Å². The summed E-state index contributed by atoms with van der Waals surface area (Å²) in [5.74, 6) is -0.202. The van der Waals surface area contributed by atoms with Gasteiger partial charge in [0.2, 0.25) is 0 Å². The zero-order chi connectivity index (χ0) is 35.1. The number of Topliss-reactive ketones (excluding diaryl/α,β-unsaturated/α-hetero) is 1. The lowest BCUT2D eigenvalue weighted by Crippen LogP contribution is -2.40. The summed E-state index contributed by atoms with van der Waals surface area (Å²) >= 11 is 0. The Bertz CT molecular complexity index is 1840. The van der Waals surface area contributed by atoms with Gasteiger partial charge in [-0.15, -0.1) is 0 Å². The number of fused-ring (bicyclic) bond motifs is 1. The van der Waals surface area contributed by atoms with Crippen LogP contribution in [-0.4, -0.2) is 116 Å². The summed E-state index contributed by atoms with van der Waals surface area (Å²) in [5, 5.41) is 42.2. The number of aliphatic hydroxyl groups excluding tert-OH is 4. The minimum atomic E-state index is -5.38. The van der Waals surface area contributed by atoms with E-state index in [1.807, 2.05) is 0 Å². The number of hydrogen-bond acceptors (Lipinski definition) is 17. The SMILES string of the molecule is Nc1ncnc2c1ncn2[C@@H]1O[C@H](COP(=O)(O)OP(=O)(O)OC[C@H]2O[C@@H](N3C=CCC(C(=O)c4ccccc4)=C3)[C@H](O)[C@@H]2O)[C@@H](O)[C@H]1O. The number of phosphoric ester groups is 2. The van der Waals surface area contributed by atoms with Crippen molar-refractivity contribution in [3.05, 3.63) is 72.6 Å². The predicted octanol–water partition coefficient (Wildman–Crippen LogP) is -0.289. The number of benzene rings is 1. The summed E-state index contributed by atoms with van der Waals surface area (Å²) in [6.45, 7) is -1.78. The Morgan fingerprint density at radius 3 is 2.16 bits per heavy atom. The zero-order valence-corrected chi connectivity index (χ0v) is 27.0. The van der Waals surface area contributed by atoms with Crippen LogP contribution in [0.2, 0.25) is 0 Å². The van der Waals surface area contributed by atoms with Gasteiger partial charge < -0.3 is 50.3 Å². The number of allylic oxidation sites excluding steroid dienone is 2. The molecule has 8 N–H and O–H groups in total. The average Bonchev–Trinajstić information content (AvgIpc) is 3.72. The molecular formula is C27H32N6O14P2. The number of nitrogens with two attached hydrogens (primary N) is 1. The Balaban J connectivity index is 1.02. The topological polar surface area (TPSA) is 292 Å². The van der Waals surface area contributed by atoms with Crippen molar-refractivity contribution in [1.29, 1.82) is 0 Å². The first-order chi connectivity index (χ1) is 23.2. The molecule has 2 aromatic heterocycles. The van der Waals surface area contributed by atoms with E-state index in [-0.39, 0.29) is 22.8 Å². The first kappa shape index (κ1) is 35.4. The first-order valence-corrected chi connectivity index (χ1v) is 17.6. The number of phosphoric acid groups is 2. The molecule has 0 amide bonds. The van der Waals surface area contributed by atoms with E-state index in [1.165, 1.54) is 28.2 Å². The number of nitrogen functional groups attached to an aromatic ring is 1. The lowest BCUT2D eigenvalue weighted by molar-refractivity contribution is -0.0652. The number of imidazole rings is 1. The molecule has 3 aliphatic heterocycles. The molecule has 0 aliphatic carbocycles. The van der Waals surface area contributed by atoms with Gasteiger partial charge in [0.15, 0.2) is 29.7 Å². The fourth-order valence-electron chi connectivity index (χ4n) is 5.44. The molecule has 20 nitrogen and oxygen atoms in total. The maximum atomic E-state index is 12.9. The number of ether oxygens (including phenoxy) is 2. The highest BCUT2D eigenvalue weighted by molar-refractivity contribution is 7.61. The van der Waals surface area contributed by atoms with Crippen LogP contribution >= 0.6 is 15.6 Å². The molecule has 49 heavy (non-hydrogen) atoms. The fraction of sp³-hybridized carbons (Fsp3) is 0.407. The number of nitrogens with zero attached hydrogens (tertiary/aromatic N) is 5. The van der Waals surface area contributed by atoms with Crippen LogP contribution in [0.5, 0.6) is 0 Å². The third-order valence-corrected chi connectivity index (χ3v) is 10.5. The van der Waals surface area contributed by atoms with Gasteiger partial charge in [-0.3, -0.25) is 18.4 Å². The number of rotatable bonds is 12. The number of carbonyl (C=O) groups excluding carboxylic acids is 1. The summed E-state index contributed by atoms with van der Waals surface area (Å²) in [6, 6.07) is 8.50. The summed E-state index contributed by atoms with van der Waals surface area (Å²) < 4.78 is 51.4. The maximum absolute atomic E-state index is 12.9. The Labute approximate surface area is 276 Å². The minimum Gasteiger partial charge on any atom is -0.387 e. The van der Waals surface area contributed by atoms with E-state index in [0.717, 1.165) is 6.33 Å². The molecule has 0 saturated carbocycles. The molecule has 5 heterocycles. The van der Waals surface area contributed by atoms with Gasteiger partial charge in [0.05, 0.1) is 19.5 Å². The molecule has 10 atom stereocenters. The van der Waals surface area contributed by atoms with Crippen molar-refractivity contribution in [2.24, 2.45) is 0 Å². The highest BCUT2D eigenvalue weighted by Gasteiger charge is 2.48. The van der Waals surface area contributed by atoms with Crippen LogP contribution in [-0.2, 0) is 32.0 Å². The molecule has 22 heteroatoms. The molecule has 3 aromatic rings. The molecule has 0 radical (unpaired) electrons. The molecule has 2 fully saturated rings. The highest BCUT2D eigenvalue weighted by atomic mass is 31.3. The third-order valence-electron chi connectivity index (χ3n) is 7.89. The minimum absolute atomic E-state index is 0.0535. The van der Waals surface area contributed by atoms with Crippen LogP contribution < -0.4 is 5.73 Å². The van der Waals surface area contributed by atoms with E-state index in [2.05, 4.69) is 19.3 Å². The largest absolute Gasteiger partial charge is 0.481 e. The molecule has 1 aromatic carbocycles. The summed E-state index contributed by atoms with van der Waals surface area (Å²) in [6.07, 6.45) is -4.49. The second kappa shape index (κ2) is 14.0. The molecular weight excluding hydrogens is 694 g/mol. The van der Waals surface area contributed by atoms with Gasteiger partial charge in [-0.2, -0.15) is 4.31 Å². The second-order valence-corrected chi connectivity index (χ2v) is 14.2. The fourth-order valence-corrected chi connectivity index (χ4v) is 7.53. The van der Waals surface area contributed by atoms with Crippen molar-refractivity contribution in [3.8, 4) is 0 Å². The van der Waals surface area contributed by atoms with E-state index in [4.69, 9.17) is 24.3 Å². The Morgan fingerprint density at radius 2 is 1.51 bits per heavy atom. The molecule has 0 spiro atoms. The number of aromatic nitrogens is 4. The first-order valence-electron chi connectivity index (χ1n) is 14.6. The van der Waals surface area contributed by atoms with Crippen LogP contribution in [0.15, 0.2) is 67.0 Å². The van der Waals surface area contributed by atoms with E-state index in [1.54, 1.807) is 36.4 Å². The van der Waals surface area contributed by atoms with E-state index in [0.29, 0.717) is 17.6 Å². The normalized spacial score (nSPS) is 31.1. The van der Waals surface area contributed by atoms with Crippen LogP contribution in [0.25, 0.3) is 11.2 Å². The van der Waals surface area contributed by atoms with E-state index < -0.39 is 77.9 Å². The summed E-state index contributed by atoms with van der Waals surface area (Å²) in [4.78, 5) is 46.4. The van der Waals surface area contributed by atoms with Gasteiger partial charge in [0.1, 0.15) is 48.5 Å².